The second-order valence-corrected chi connectivity index (χ2v) is 7.06. The highest BCUT2D eigenvalue weighted by Crippen LogP contribution is 2.43. The number of hydrogen-bond donors (Lipinski definition) is 0. The van der Waals surface area contributed by atoms with E-state index in [-0.39, 0.29) is 17.6 Å². The lowest BCUT2D eigenvalue weighted by Gasteiger charge is -2.22. The molecule has 2 aliphatic rings. The molecule has 1 aromatic carbocycles. The van der Waals surface area contributed by atoms with Gasteiger partial charge in [-0.2, -0.15) is 0 Å². The second-order valence-electron chi connectivity index (χ2n) is 7.06. The van der Waals surface area contributed by atoms with Gasteiger partial charge < -0.3 is 14.1 Å². The lowest BCUT2D eigenvalue weighted by atomic mass is 9.81. The van der Waals surface area contributed by atoms with Crippen LogP contribution in [0, 0.1) is 25.6 Å². The first-order valence-electron chi connectivity index (χ1n) is 8.59. The summed E-state index contributed by atoms with van der Waals surface area (Å²) in [6, 6.07) is 4.78. The fraction of sp³-hybridized carbons (Fsp3) is 0.421. The number of benzene rings is 1. The maximum absolute atomic E-state index is 13.3. The average Bonchev–Trinajstić information content (AvgIpc) is 3.29. The van der Waals surface area contributed by atoms with E-state index in [1.54, 1.807) is 37.0 Å². The van der Waals surface area contributed by atoms with Crippen LogP contribution in [0.15, 0.2) is 28.7 Å². The Morgan fingerprint density at radius 1 is 1.38 bits per heavy atom. The van der Waals surface area contributed by atoms with Gasteiger partial charge in [-0.3, -0.25) is 4.79 Å². The quantitative estimate of drug-likeness (QED) is 0.788. The normalized spacial score (nSPS) is 25.2. The van der Waals surface area contributed by atoms with Crippen LogP contribution in [-0.4, -0.2) is 47.3 Å². The number of ether oxygens (including phenoxy) is 1. The van der Waals surface area contributed by atoms with Gasteiger partial charge in [-0.05, 0) is 36.3 Å². The number of fused-ring (bicyclic) bond motifs is 1. The monoisotopic (exact) mass is 357 g/mol. The summed E-state index contributed by atoms with van der Waals surface area (Å²) in [5.74, 6) is 0.865. The largest absolute Gasteiger partial charge is 0.425 e. The first-order valence-corrected chi connectivity index (χ1v) is 8.59. The third-order valence-electron chi connectivity index (χ3n) is 5.24. The van der Waals surface area contributed by atoms with Gasteiger partial charge >= 0.3 is 0 Å². The molecule has 0 radical (unpaired) electrons. The van der Waals surface area contributed by atoms with Crippen molar-refractivity contribution in [3.63, 3.8) is 0 Å². The van der Waals surface area contributed by atoms with Crippen LogP contribution in [0.2, 0.25) is 0 Å². The van der Waals surface area contributed by atoms with Gasteiger partial charge in [0.1, 0.15) is 5.82 Å². The summed E-state index contributed by atoms with van der Waals surface area (Å²) < 4.78 is 24.7. The molecule has 2 saturated heterocycles. The fourth-order valence-electron chi connectivity index (χ4n) is 3.75. The van der Waals surface area contributed by atoms with E-state index in [0.717, 1.165) is 5.56 Å². The summed E-state index contributed by atoms with van der Waals surface area (Å²) >= 11 is 0. The van der Waals surface area contributed by atoms with Crippen LogP contribution in [0.3, 0.4) is 0 Å². The molecule has 1 aromatic heterocycles. The van der Waals surface area contributed by atoms with E-state index in [2.05, 4.69) is 10.2 Å². The number of rotatable bonds is 3. The van der Waals surface area contributed by atoms with Gasteiger partial charge in [0.2, 0.25) is 17.7 Å². The highest BCUT2D eigenvalue weighted by Gasteiger charge is 2.56. The summed E-state index contributed by atoms with van der Waals surface area (Å²) in [5.41, 5.74) is 0.928. The molecule has 7 heteroatoms. The second kappa shape index (κ2) is 6.32. The van der Waals surface area contributed by atoms with Crippen molar-refractivity contribution >= 4 is 12.0 Å². The lowest BCUT2D eigenvalue weighted by molar-refractivity contribution is -0.125. The number of aromatic nitrogens is 2. The van der Waals surface area contributed by atoms with Crippen LogP contribution in [0.5, 0.6) is 0 Å². The van der Waals surface area contributed by atoms with Crippen LogP contribution in [0.1, 0.15) is 22.9 Å². The Bertz CT molecular complexity index is 879. The van der Waals surface area contributed by atoms with E-state index in [0.29, 0.717) is 43.6 Å². The topological polar surface area (TPSA) is 68.5 Å². The van der Waals surface area contributed by atoms with Crippen molar-refractivity contribution in [3.05, 3.63) is 53.0 Å². The van der Waals surface area contributed by atoms with Gasteiger partial charge in [-0.25, -0.2) is 4.39 Å². The number of halogens is 1. The van der Waals surface area contributed by atoms with E-state index in [9.17, 15) is 9.18 Å². The zero-order valence-corrected chi connectivity index (χ0v) is 14.7. The zero-order chi connectivity index (χ0) is 18.3. The molecule has 2 aromatic rings. The maximum Gasteiger partial charge on any atom is 0.246 e. The van der Waals surface area contributed by atoms with Crippen LogP contribution in [0.25, 0.3) is 6.08 Å². The average molecular weight is 357 g/mol. The molecule has 3 heterocycles. The summed E-state index contributed by atoms with van der Waals surface area (Å²) in [6.45, 7) is 5.59. The number of carbonyl (C=O) groups is 1. The highest BCUT2D eigenvalue weighted by atomic mass is 19.1. The summed E-state index contributed by atoms with van der Waals surface area (Å²) in [7, 11) is 0. The molecule has 136 valence electrons. The molecule has 0 N–H and O–H groups in total. The SMILES string of the molecule is Cc1nnc([C@@]23COC[C@@H]2CN(C(=O)/C=C/c2ccc(F)c(C)c2)C3)o1. The Morgan fingerprint density at radius 3 is 2.96 bits per heavy atom. The Morgan fingerprint density at radius 2 is 2.23 bits per heavy atom. The number of amides is 1. The molecular formula is C19H20FN3O3. The Labute approximate surface area is 150 Å². The number of nitrogens with zero attached hydrogens (tertiary/aromatic N) is 3. The first kappa shape index (κ1) is 16.9. The van der Waals surface area contributed by atoms with Crippen LogP contribution in [0.4, 0.5) is 4.39 Å². The predicted molar refractivity (Wildman–Crippen MR) is 91.8 cm³/mol. The molecule has 0 spiro atoms. The lowest BCUT2D eigenvalue weighted by Crippen LogP contribution is -2.37. The zero-order valence-electron chi connectivity index (χ0n) is 14.7. The Kier molecular flexibility index (Phi) is 4.11. The van der Waals surface area contributed by atoms with Crippen molar-refractivity contribution in [2.45, 2.75) is 19.3 Å². The Hall–Kier alpha value is -2.54. The molecule has 0 bridgehead atoms. The van der Waals surface area contributed by atoms with Crippen molar-refractivity contribution in [2.75, 3.05) is 26.3 Å². The summed E-state index contributed by atoms with van der Waals surface area (Å²) in [4.78, 5) is 14.4. The van der Waals surface area contributed by atoms with Gasteiger partial charge in [0.25, 0.3) is 0 Å². The standard InChI is InChI=1S/C19H20FN3O3/c1-12-7-14(3-5-16(12)20)4-6-17(24)23-8-15-9-25-11-19(15,10-23)18-22-21-13(2)26-18/h3-7,15H,8-11H2,1-2H3/b6-4+/t15-,19-/m0/s1. The van der Waals surface area contributed by atoms with E-state index >= 15 is 0 Å². The molecule has 2 aliphatic heterocycles. The molecule has 4 rings (SSSR count). The molecule has 2 fully saturated rings. The number of likely N-dealkylation sites (tertiary alicyclic amines) is 1. The summed E-state index contributed by atoms with van der Waals surface area (Å²) in [6.07, 6.45) is 3.24. The Balaban J connectivity index is 1.51. The minimum Gasteiger partial charge on any atom is -0.425 e. The maximum atomic E-state index is 13.3. The molecule has 2 atom stereocenters. The minimum absolute atomic E-state index is 0.0861. The van der Waals surface area contributed by atoms with Crippen molar-refractivity contribution in [3.8, 4) is 0 Å². The molecule has 0 aliphatic carbocycles. The minimum atomic E-state index is -0.419. The number of hydrogen-bond acceptors (Lipinski definition) is 5. The van der Waals surface area contributed by atoms with Gasteiger partial charge in [-0.15, -0.1) is 10.2 Å². The molecule has 1 amide bonds. The van der Waals surface area contributed by atoms with Gasteiger partial charge in [0.05, 0.1) is 18.6 Å². The van der Waals surface area contributed by atoms with E-state index in [1.165, 1.54) is 12.1 Å². The summed E-state index contributed by atoms with van der Waals surface area (Å²) in [5, 5.41) is 8.11. The van der Waals surface area contributed by atoms with E-state index in [4.69, 9.17) is 9.15 Å². The van der Waals surface area contributed by atoms with Crippen LogP contribution in [-0.2, 0) is 14.9 Å². The van der Waals surface area contributed by atoms with Crippen molar-refractivity contribution in [1.82, 2.24) is 15.1 Å². The molecule has 0 saturated carbocycles. The highest BCUT2D eigenvalue weighted by molar-refractivity contribution is 5.92. The van der Waals surface area contributed by atoms with E-state index in [1.807, 2.05) is 0 Å². The van der Waals surface area contributed by atoms with Crippen molar-refractivity contribution in [1.29, 1.82) is 0 Å². The third-order valence-corrected chi connectivity index (χ3v) is 5.24. The third kappa shape index (κ3) is 2.82. The predicted octanol–water partition coefficient (Wildman–Crippen LogP) is 2.27. The number of carbonyl (C=O) groups excluding carboxylic acids is 1. The molecule has 26 heavy (non-hydrogen) atoms. The van der Waals surface area contributed by atoms with Gasteiger partial charge in [0.15, 0.2) is 0 Å². The fourth-order valence-corrected chi connectivity index (χ4v) is 3.75. The molecular weight excluding hydrogens is 337 g/mol. The first-order chi connectivity index (χ1) is 12.5. The van der Waals surface area contributed by atoms with Crippen molar-refractivity contribution < 1.29 is 18.3 Å². The molecule has 6 nitrogen and oxygen atoms in total. The molecule has 0 unspecified atom stereocenters. The van der Waals surface area contributed by atoms with Gasteiger partial charge in [0, 0.05) is 32.0 Å². The van der Waals surface area contributed by atoms with Crippen molar-refractivity contribution in [2.24, 2.45) is 5.92 Å². The van der Waals surface area contributed by atoms with Crippen LogP contribution < -0.4 is 0 Å². The van der Waals surface area contributed by atoms with E-state index < -0.39 is 5.41 Å². The van der Waals surface area contributed by atoms with Gasteiger partial charge in [-0.1, -0.05) is 6.07 Å². The smallest absolute Gasteiger partial charge is 0.246 e. The number of aryl methyl sites for hydroxylation is 2. The van der Waals surface area contributed by atoms with Crippen LogP contribution >= 0.6 is 0 Å².